The van der Waals surface area contributed by atoms with Crippen LogP contribution in [0.25, 0.3) is 0 Å². The number of nitrogens with one attached hydrogen (secondary N) is 1. The highest BCUT2D eigenvalue weighted by Gasteiger charge is 2.25. The highest BCUT2D eigenvalue weighted by Crippen LogP contribution is 2.33. The Morgan fingerprint density at radius 3 is 2.81 bits per heavy atom. The summed E-state index contributed by atoms with van der Waals surface area (Å²) in [5.41, 5.74) is 4.03. The fraction of sp³-hybridized carbons (Fsp3) is 0.571. The van der Waals surface area contributed by atoms with Gasteiger partial charge in [0.05, 0.1) is 11.4 Å². The van der Waals surface area contributed by atoms with Crippen LogP contribution in [0.1, 0.15) is 26.3 Å². The van der Waals surface area contributed by atoms with E-state index in [1.54, 1.807) is 0 Å². The average Bonchev–Trinajstić information content (AvgIpc) is 2.28. The van der Waals surface area contributed by atoms with Crippen molar-refractivity contribution in [3.63, 3.8) is 0 Å². The lowest BCUT2D eigenvalue weighted by atomic mass is 9.98. The predicted octanol–water partition coefficient (Wildman–Crippen LogP) is 3.14. The Kier molecular flexibility index (Phi) is 3.08. The van der Waals surface area contributed by atoms with Crippen LogP contribution < -0.4 is 10.2 Å². The number of benzene rings is 1. The normalized spacial score (nSPS) is 19.6. The fourth-order valence-corrected chi connectivity index (χ4v) is 2.47. The number of hydrogen-bond acceptors (Lipinski definition) is 2. The van der Waals surface area contributed by atoms with Crippen molar-refractivity contribution in [2.75, 3.05) is 23.8 Å². The zero-order chi connectivity index (χ0) is 11.7. The average molecular weight is 218 g/mol. The highest BCUT2D eigenvalue weighted by atomic mass is 15.2. The summed E-state index contributed by atoms with van der Waals surface area (Å²) in [5.74, 6) is 0.677. The summed E-state index contributed by atoms with van der Waals surface area (Å²) in [7, 11) is 2.20. The third-order valence-corrected chi connectivity index (χ3v) is 3.62. The fourth-order valence-electron chi connectivity index (χ4n) is 2.47. The molecule has 0 bridgehead atoms. The maximum absolute atomic E-state index is 3.56. The van der Waals surface area contributed by atoms with E-state index in [-0.39, 0.29) is 0 Å². The molecule has 2 nitrogen and oxygen atoms in total. The lowest BCUT2D eigenvalue weighted by Crippen LogP contribution is -2.44. The van der Waals surface area contributed by atoms with E-state index < -0.39 is 0 Å². The first kappa shape index (κ1) is 11.3. The second kappa shape index (κ2) is 4.36. The van der Waals surface area contributed by atoms with Gasteiger partial charge in [0.1, 0.15) is 0 Å². The first-order chi connectivity index (χ1) is 7.63. The van der Waals surface area contributed by atoms with Crippen molar-refractivity contribution in [3.05, 3.63) is 23.8 Å². The van der Waals surface area contributed by atoms with Gasteiger partial charge in [-0.3, -0.25) is 0 Å². The third-order valence-electron chi connectivity index (χ3n) is 3.62. The van der Waals surface area contributed by atoms with Crippen LogP contribution in [0.3, 0.4) is 0 Å². The lowest BCUT2D eigenvalue weighted by Gasteiger charge is -2.39. The molecule has 1 aromatic carbocycles. The van der Waals surface area contributed by atoms with Crippen molar-refractivity contribution >= 4 is 11.4 Å². The van der Waals surface area contributed by atoms with Crippen molar-refractivity contribution in [2.45, 2.75) is 33.2 Å². The number of likely N-dealkylation sites (N-methyl/N-ethyl adjacent to an activating group) is 1. The monoisotopic (exact) mass is 218 g/mol. The predicted molar refractivity (Wildman–Crippen MR) is 71.3 cm³/mol. The van der Waals surface area contributed by atoms with Crippen molar-refractivity contribution in [1.82, 2.24) is 0 Å². The molecular weight excluding hydrogens is 196 g/mol. The van der Waals surface area contributed by atoms with Gasteiger partial charge in [-0.2, -0.15) is 0 Å². The molecule has 0 saturated heterocycles. The van der Waals surface area contributed by atoms with Crippen LogP contribution in [0.2, 0.25) is 0 Å². The Bertz CT molecular complexity index is 371. The van der Waals surface area contributed by atoms with Crippen molar-refractivity contribution in [3.8, 4) is 0 Å². The first-order valence-electron chi connectivity index (χ1n) is 6.23. The van der Waals surface area contributed by atoms with Crippen LogP contribution in [0.4, 0.5) is 11.4 Å². The third kappa shape index (κ3) is 1.89. The minimum absolute atomic E-state index is 0.597. The van der Waals surface area contributed by atoms with Gasteiger partial charge in [0.25, 0.3) is 0 Å². The van der Waals surface area contributed by atoms with Crippen molar-refractivity contribution in [1.29, 1.82) is 0 Å². The maximum Gasteiger partial charge on any atom is 0.0602 e. The van der Waals surface area contributed by atoms with E-state index in [1.165, 1.54) is 16.9 Å². The van der Waals surface area contributed by atoms with E-state index in [1.807, 2.05) is 0 Å². The van der Waals surface area contributed by atoms with Gasteiger partial charge >= 0.3 is 0 Å². The van der Waals surface area contributed by atoms with Gasteiger partial charge in [-0.1, -0.05) is 26.8 Å². The molecule has 1 atom stereocenters. The molecule has 0 radical (unpaired) electrons. The van der Waals surface area contributed by atoms with Crippen LogP contribution in [0.15, 0.2) is 18.2 Å². The Labute approximate surface area is 98.7 Å². The number of nitrogens with zero attached hydrogens (tertiary/aromatic N) is 1. The molecule has 0 amide bonds. The van der Waals surface area contributed by atoms with E-state index in [4.69, 9.17) is 0 Å². The molecule has 88 valence electrons. The largest absolute Gasteiger partial charge is 0.381 e. The molecule has 1 aromatic rings. The molecule has 2 heteroatoms. The van der Waals surface area contributed by atoms with Gasteiger partial charge in [0.15, 0.2) is 0 Å². The van der Waals surface area contributed by atoms with Gasteiger partial charge in [-0.05, 0) is 30.0 Å². The molecule has 0 aromatic heterocycles. The minimum atomic E-state index is 0.597. The zero-order valence-electron chi connectivity index (χ0n) is 10.7. The highest BCUT2D eigenvalue weighted by molar-refractivity contribution is 5.73. The number of rotatable bonds is 2. The second-order valence-electron chi connectivity index (χ2n) is 5.01. The number of aryl methyl sites for hydroxylation is 1. The molecule has 1 unspecified atom stereocenters. The standard InChI is InChI=1S/C14H22N2/c1-5-11-6-7-13-12(8-11)15-9-14(10(2)3)16(13)4/h6-8,10,14-15H,5,9H2,1-4H3. The quantitative estimate of drug-likeness (QED) is 0.820. The van der Waals surface area contributed by atoms with Gasteiger partial charge < -0.3 is 10.2 Å². The molecule has 1 aliphatic rings. The summed E-state index contributed by atoms with van der Waals surface area (Å²) in [4.78, 5) is 2.41. The van der Waals surface area contributed by atoms with Crippen molar-refractivity contribution in [2.24, 2.45) is 5.92 Å². The molecular formula is C14H22N2. The minimum Gasteiger partial charge on any atom is -0.381 e. The Hall–Kier alpha value is -1.18. The van der Waals surface area contributed by atoms with Gasteiger partial charge in [-0.15, -0.1) is 0 Å². The SMILES string of the molecule is CCc1ccc2c(c1)NCC(C(C)C)N2C. The Morgan fingerprint density at radius 2 is 2.19 bits per heavy atom. The molecule has 1 heterocycles. The molecule has 16 heavy (non-hydrogen) atoms. The summed E-state index contributed by atoms with van der Waals surface area (Å²) in [6.07, 6.45) is 1.10. The smallest absolute Gasteiger partial charge is 0.0602 e. The topological polar surface area (TPSA) is 15.3 Å². The number of fused-ring (bicyclic) bond motifs is 1. The van der Waals surface area contributed by atoms with E-state index in [0.717, 1.165) is 13.0 Å². The molecule has 0 saturated carbocycles. The van der Waals surface area contributed by atoms with Gasteiger partial charge in [-0.25, -0.2) is 0 Å². The van der Waals surface area contributed by atoms with Crippen LogP contribution in [-0.4, -0.2) is 19.6 Å². The van der Waals surface area contributed by atoms with Crippen LogP contribution in [0.5, 0.6) is 0 Å². The van der Waals surface area contributed by atoms with E-state index in [0.29, 0.717) is 12.0 Å². The van der Waals surface area contributed by atoms with Crippen LogP contribution in [-0.2, 0) is 6.42 Å². The first-order valence-corrected chi connectivity index (χ1v) is 6.23. The molecule has 2 rings (SSSR count). The molecule has 1 aliphatic heterocycles. The summed E-state index contributed by atoms with van der Waals surface area (Å²) in [6, 6.07) is 7.36. The Morgan fingerprint density at radius 1 is 1.44 bits per heavy atom. The summed E-state index contributed by atoms with van der Waals surface area (Å²) in [6.45, 7) is 7.82. The Balaban J connectivity index is 2.31. The summed E-state index contributed by atoms with van der Waals surface area (Å²) in [5, 5.41) is 3.56. The molecule has 0 fully saturated rings. The van der Waals surface area contributed by atoms with Gasteiger partial charge in [0, 0.05) is 19.6 Å². The van der Waals surface area contributed by atoms with Crippen LogP contribution >= 0.6 is 0 Å². The molecule has 0 spiro atoms. The zero-order valence-corrected chi connectivity index (χ0v) is 10.7. The molecule has 1 N–H and O–H groups in total. The summed E-state index contributed by atoms with van der Waals surface area (Å²) >= 11 is 0. The van der Waals surface area contributed by atoms with Gasteiger partial charge in [0.2, 0.25) is 0 Å². The molecule has 0 aliphatic carbocycles. The number of hydrogen-bond donors (Lipinski definition) is 1. The summed E-state index contributed by atoms with van der Waals surface area (Å²) < 4.78 is 0. The van der Waals surface area contributed by atoms with E-state index in [2.05, 4.69) is 56.2 Å². The van der Waals surface area contributed by atoms with Crippen molar-refractivity contribution < 1.29 is 0 Å². The lowest BCUT2D eigenvalue weighted by molar-refractivity contribution is 0.482. The van der Waals surface area contributed by atoms with E-state index in [9.17, 15) is 0 Å². The van der Waals surface area contributed by atoms with Crippen LogP contribution in [0, 0.1) is 5.92 Å². The second-order valence-corrected chi connectivity index (χ2v) is 5.01. The number of anilines is 2. The maximum atomic E-state index is 3.56. The van der Waals surface area contributed by atoms with E-state index >= 15 is 0 Å².